The Hall–Kier alpha value is -2.08. The van der Waals surface area contributed by atoms with Crippen LogP contribution in [0.1, 0.15) is 18.1 Å². The third kappa shape index (κ3) is 4.96. The van der Waals surface area contributed by atoms with Gasteiger partial charge in [-0.05, 0) is 37.3 Å². The van der Waals surface area contributed by atoms with Crippen LogP contribution in [0.3, 0.4) is 0 Å². The predicted octanol–water partition coefficient (Wildman–Crippen LogP) is 4.55. The number of methoxy groups -OCH3 is 1. The summed E-state index contributed by atoms with van der Waals surface area (Å²) in [6, 6.07) is 10.2. The first-order chi connectivity index (χ1) is 11.1. The van der Waals surface area contributed by atoms with E-state index in [1.54, 1.807) is 31.4 Å². The molecule has 2 aromatic rings. The summed E-state index contributed by atoms with van der Waals surface area (Å²) in [6.45, 7) is 2.53. The first kappa shape index (κ1) is 17.3. The molecule has 0 saturated heterocycles. The zero-order valence-corrected chi connectivity index (χ0v) is 14.5. The molecule has 0 bridgehead atoms. The van der Waals surface area contributed by atoms with Gasteiger partial charge in [0.15, 0.2) is 11.5 Å². The molecule has 0 amide bonds. The maximum atomic E-state index is 13.6. The van der Waals surface area contributed by atoms with Gasteiger partial charge in [0.2, 0.25) is 0 Å². The van der Waals surface area contributed by atoms with E-state index >= 15 is 0 Å². The molecule has 0 heterocycles. The van der Waals surface area contributed by atoms with Crippen molar-refractivity contribution in [3.63, 3.8) is 0 Å². The molecule has 0 N–H and O–H groups in total. The van der Waals surface area contributed by atoms with Gasteiger partial charge in [-0.3, -0.25) is 0 Å². The maximum Gasteiger partial charge on any atom is 0.161 e. The minimum absolute atomic E-state index is 0.0593. The van der Waals surface area contributed by atoms with Crippen LogP contribution in [-0.4, -0.2) is 19.9 Å². The van der Waals surface area contributed by atoms with Crippen LogP contribution < -0.4 is 9.47 Å². The molecule has 0 aliphatic carbocycles. The van der Waals surface area contributed by atoms with E-state index in [0.29, 0.717) is 28.1 Å². The van der Waals surface area contributed by atoms with Crippen molar-refractivity contribution in [3.8, 4) is 11.5 Å². The summed E-state index contributed by atoms with van der Waals surface area (Å²) in [5.74, 6) is 0.956. The number of hydrogen-bond donors (Lipinski definition) is 0. The Balaban J connectivity index is 1.97. The molecular weight excluding hydrogens is 365 g/mol. The molecule has 0 unspecified atom stereocenters. The van der Waals surface area contributed by atoms with E-state index in [-0.39, 0.29) is 12.4 Å². The van der Waals surface area contributed by atoms with Gasteiger partial charge in [0.25, 0.3) is 0 Å². The molecule has 4 nitrogen and oxygen atoms in total. The highest BCUT2D eigenvalue weighted by molar-refractivity contribution is 9.10. The van der Waals surface area contributed by atoms with Crippen molar-refractivity contribution in [1.82, 2.24) is 0 Å². The van der Waals surface area contributed by atoms with Crippen LogP contribution in [0, 0.1) is 5.82 Å². The van der Waals surface area contributed by atoms with E-state index < -0.39 is 0 Å². The van der Waals surface area contributed by atoms with Gasteiger partial charge in [-0.1, -0.05) is 27.2 Å². The first-order valence-electron chi connectivity index (χ1n) is 7.04. The second-order valence-corrected chi connectivity index (χ2v) is 5.50. The van der Waals surface area contributed by atoms with Gasteiger partial charge in [0.1, 0.15) is 12.4 Å². The lowest BCUT2D eigenvalue weighted by Crippen LogP contribution is -1.96. The van der Waals surface area contributed by atoms with Crippen LogP contribution >= 0.6 is 15.9 Å². The Labute approximate surface area is 143 Å². The van der Waals surface area contributed by atoms with Gasteiger partial charge in [-0.2, -0.15) is 0 Å². The molecule has 0 spiro atoms. The quantitative estimate of drug-likeness (QED) is 0.521. The number of ether oxygens (including phenoxy) is 2. The molecule has 0 aromatic heterocycles. The first-order valence-corrected chi connectivity index (χ1v) is 7.83. The lowest BCUT2D eigenvalue weighted by Gasteiger charge is -2.09. The van der Waals surface area contributed by atoms with E-state index in [2.05, 4.69) is 21.1 Å². The SMILES string of the molecule is CCOc1ccc(C=NOCc2ccc(Br)cc2F)cc1OC. The Morgan fingerprint density at radius 2 is 2.00 bits per heavy atom. The highest BCUT2D eigenvalue weighted by atomic mass is 79.9. The number of nitrogens with zero attached hydrogens (tertiary/aromatic N) is 1. The lowest BCUT2D eigenvalue weighted by atomic mass is 10.2. The minimum atomic E-state index is -0.336. The molecule has 122 valence electrons. The molecule has 0 saturated carbocycles. The molecule has 2 rings (SSSR count). The molecule has 0 radical (unpaired) electrons. The van der Waals surface area contributed by atoms with Gasteiger partial charge in [-0.25, -0.2) is 4.39 Å². The standard InChI is InChI=1S/C17H17BrFNO3/c1-3-22-16-7-4-12(8-17(16)21-2)10-20-23-11-13-5-6-14(18)9-15(13)19/h4-10H,3,11H2,1-2H3. The van der Waals surface area contributed by atoms with Crippen molar-refractivity contribution in [2.45, 2.75) is 13.5 Å². The zero-order valence-electron chi connectivity index (χ0n) is 12.9. The Kier molecular flexibility index (Phi) is 6.40. The Morgan fingerprint density at radius 1 is 1.17 bits per heavy atom. The summed E-state index contributed by atoms with van der Waals surface area (Å²) in [5, 5.41) is 3.85. The number of hydrogen-bond acceptors (Lipinski definition) is 4. The summed E-state index contributed by atoms with van der Waals surface area (Å²) in [7, 11) is 1.57. The second kappa shape index (κ2) is 8.53. The summed E-state index contributed by atoms with van der Waals surface area (Å²) in [5.41, 5.74) is 1.23. The molecule has 23 heavy (non-hydrogen) atoms. The Bertz CT molecular complexity index is 692. The van der Waals surface area contributed by atoms with Crippen molar-refractivity contribution in [2.24, 2.45) is 5.16 Å². The highest BCUT2D eigenvalue weighted by Crippen LogP contribution is 2.27. The average Bonchev–Trinajstić information content (AvgIpc) is 2.54. The molecule has 2 aromatic carbocycles. The fourth-order valence-electron chi connectivity index (χ4n) is 1.88. The van der Waals surface area contributed by atoms with Crippen molar-refractivity contribution >= 4 is 22.1 Å². The average molecular weight is 382 g/mol. The molecule has 0 aliphatic rings. The van der Waals surface area contributed by atoms with Gasteiger partial charge in [0.05, 0.1) is 19.9 Å². The van der Waals surface area contributed by atoms with Crippen LogP contribution in [0.15, 0.2) is 46.0 Å². The zero-order chi connectivity index (χ0) is 16.7. The van der Waals surface area contributed by atoms with E-state index in [1.165, 1.54) is 12.3 Å². The van der Waals surface area contributed by atoms with Crippen LogP contribution in [0.2, 0.25) is 0 Å². The number of rotatable bonds is 7. The smallest absolute Gasteiger partial charge is 0.161 e. The fourth-order valence-corrected chi connectivity index (χ4v) is 2.22. The molecule has 0 aliphatic heterocycles. The molecule has 6 heteroatoms. The third-order valence-electron chi connectivity index (χ3n) is 3.00. The fraction of sp³-hybridized carbons (Fsp3) is 0.235. The van der Waals surface area contributed by atoms with Crippen molar-refractivity contribution in [2.75, 3.05) is 13.7 Å². The number of benzene rings is 2. The summed E-state index contributed by atoms with van der Waals surface area (Å²) in [6.07, 6.45) is 1.54. The molecule has 0 atom stereocenters. The van der Waals surface area contributed by atoms with E-state index in [9.17, 15) is 4.39 Å². The van der Waals surface area contributed by atoms with E-state index in [4.69, 9.17) is 14.3 Å². The highest BCUT2D eigenvalue weighted by Gasteiger charge is 2.05. The minimum Gasteiger partial charge on any atom is -0.493 e. The lowest BCUT2D eigenvalue weighted by molar-refractivity contribution is 0.129. The van der Waals surface area contributed by atoms with Gasteiger partial charge in [-0.15, -0.1) is 0 Å². The van der Waals surface area contributed by atoms with Crippen molar-refractivity contribution in [1.29, 1.82) is 0 Å². The molecular formula is C17H17BrFNO3. The van der Waals surface area contributed by atoms with Gasteiger partial charge < -0.3 is 14.3 Å². The monoisotopic (exact) mass is 381 g/mol. The van der Waals surface area contributed by atoms with Crippen molar-refractivity contribution in [3.05, 3.63) is 57.8 Å². The maximum absolute atomic E-state index is 13.6. The van der Waals surface area contributed by atoms with Crippen LogP contribution in [0.5, 0.6) is 11.5 Å². The third-order valence-corrected chi connectivity index (χ3v) is 3.49. The Morgan fingerprint density at radius 3 is 2.70 bits per heavy atom. The second-order valence-electron chi connectivity index (χ2n) is 4.59. The largest absolute Gasteiger partial charge is 0.493 e. The van der Waals surface area contributed by atoms with Crippen LogP contribution in [-0.2, 0) is 11.4 Å². The number of halogens is 2. The molecule has 0 fully saturated rings. The number of oxime groups is 1. The predicted molar refractivity (Wildman–Crippen MR) is 90.6 cm³/mol. The summed E-state index contributed by atoms with van der Waals surface area (Å²) >= 11 is 3.21. The summed E-state index contributed by atoms with van der Waals surface area (Å²) < 4.78 is 25.0. The normalized spacial score (nSPS) is 10.8. The summed E-state index contributed by atoms with van der Waals surface area (Å²) in [4.78, 5) is 5.14. The van der Waals surface area contributed by atoms with E-state index in [1.807, 2.05) is 13.0 Å². The van der Waals surface area contributed by atoms with Crippen LogP contribution in [0.25, 0.3) is 0 Å². The van der Waals surface area contributed by atoms with Gasteiger partial charge >= 0.3 is 0 Å². The van der Waals surface area contributed by atoms with Gasteiger partial charge in [0, 0.05) is 15.6 Å². The topological polar surface area (TPSA) is 40.0 Å². The van der Waals surface area contributed by atoms with Crippen LogP contribution in [0.4, 0.5) is 4.39 Å². The van der Waals surface area contributed by atoms with Crippen molar-refractivity contribution < 1.29 is 18.7 Å². The van der Waals surface area contributed by atoms with E-state index in [0.717, 1.165) is 5.56 Å².